The van der Waals surface area contributed by atoms with E-state index in [0.717, 1.165) is 4.73 Å². The van der Waals surface area contributed by atoms with Gasteiger partial charge in [-0.05, 0) is 36.6 Å². The number of aryl methyl sites for hydroxylation is 1. The number of Topliss-reactive ketones (excluding diaryl/α,β-unsaturated/α-hetero) is 1. The number of anilines is 2. The lowest BCUT2D eigenvalue weighted by molar-refractivity contribution is -0.146. The number of esters is 1. The molecule has 3 aromatic heterocycles. The normalized spacial score (nSPS) is 12.0. The largest absolute Gasteiger partial charge is 0.465 e. The van der Waals surface area contributed by atoms with Gasteiger partial charge in [0.1, 0.15) is 13.2 Å². The Kier molecular flexibility index (Phi) is 9.31. The lowest BCUT2D eigenvalue weighted by Crippen LogP contribution is -2.37. The summed E-state index contributed by atoms with van der Waals surface area (Å²) in [5, 5.41) is 4.22. The van der Waals surface area contributed by atoms with E-state index < -0.39 is 17.6 Å². The summed E-state index contributed by atoms with van der Waals surface area (Å²) in [6.45, 7) is 3.78. The molecular formula is C28H30Cl2N6O5. The van der Waals surface area contributed by atoms with Crippen LogP contribution in [-0.4, -0.2) is 50.8 Å². The van der Waals surface area contributed by atoms with Gasteiger partial charge in [-0.1, -0.05) is 43.1 Å². The number of nitrogens with two attached hydrogens (primary N) is 1. The highest BCUT2D eigenvalue weighted by Gasteiger charge is 2.20. The number of nitrogens with zero attached hydrogens (tertiary/aromatic N) is 4. The Bertz CT molecular complexity index is 1650. The number of carbonyl (C=O) groups is 2. The molecule has 4 aromatic rings. The summed E-state index contributed by atoms with van der Waals surface area (Å²) < 4.78 is 7.89. The maximum atomic E-state index is 13.3. The number of carbonyl (C=O) groups excluding carboxylic acids is 2. The Morgan fingerprint density at radius 2 is 1.88 bits per heavy atom. The number of nitrogens with one attached hydrogen (secondary N) is 1. The lowest BCUT2D eigenvalue weighted by Gasteiger charge is -2.14. The van der Waals surface area contributed by atoms with E-state index in [1.54, 1.807) is 48.1 Å². The van der Waals surface area contributed by atoms with Crippen LogP contribution in [0.25, 0.3) is 22.2 Å². The maximum Gasteiger partial charge on any atom is 0.323 e. The van der Waals surface area contributed by atoms with Crippen LogP contribution in [0.1, 0.15) is 37.2 Å². The zero-order chi connectivity index (χ0) is 29.8. The van der Waals surface area contributed by atoms with E-state index in [-0.39, 0.29) is 41.9 Å². The van der Waals surface area contributed by atoms with Crippen LogP contribution >= 0.6 is 23.2 Å². The second-order valence-corrected chi connectivity index (χ2v) is 10.5. The Morgan fingerprint density at radius 1 is 1.17 bits per heavy atom. The molecule has 4 rings (SSSR count). The molecule has 0 bridgehead atoms. The minimum absolute atomic E-state index is 0.0306. The minimum atomic E-state index is -0.689. The van der Waals surface area contributed by atoms with E-state index in [0.29, 0.717) is 38.8 Å². The van der Waals surface area contributed by atoms with Crippen LogP contribution in [0.3, 0.4) is 0 Å². The summed E-state index contributed by atoms with van der Waals surface area (Å²) in [5.74, 6) is -0.444. The van der Waals surface area contributed by atoms with Crippen LogP contribution in [-0.2, 0) is 16.6 Å². The number of aromatic nitrogens is 4. The van der Waals surface area contributed by atoms with Gasteiger partial charge in [0.25, 0.3) is 5.56 Å². The quantitative estimate of drug-likeness (QED) is 0.145. The Balaban J connectivity index is 1.51. The van der Waals surface area contributed by atoms with E-state index in [9.17, 15) is 14.4 Å². The van der Waals surface area contributed by atoms with E-state index in [1.807, 2.05) is 13.8 Å². The molecule has 0 aliphatic carbocycles. The number of fused-ring (bicyclic) bond motifs is 1. The summed E-state index contributed by atoms with van der Waals surface area (Å²) in [6, 6.07) is 7.57. The van der Waals surface area contributed by atoms with Gasteiger partial charge in [-0.25, -0.2) is 4.98 Å². The molecular weight excluding hydrogens is 571 g/mol. The van der Waals surface area contributed by atoms with Crippen molar-refractivity contribution in [2.75, 3.05) is 19.0 Å². The van der Waals surface area contributed by atoms with E-state index in [2.05, 4.69) is 15.3 Å². The second kappa shape index (κ2) is 12.7. The fourth-order valence-corrected chi connectivity index (χ4v) is 4.78. The monoisotopic (exact) mass is 600 g/mol. The van der Waals surface area contributed by atoms with Crippen LogP contribution < -0.4 is 21.4 Å². The third-order valence-corrected chi connectivity index (χ3v) is 7.08. The van der Waals surface area contributed by atoms with Crippen LogP contribution in [0.2, 0.25) is 10.0 Å². The molecule has 0 radical (unpaired) electrons. The highest BCUT2D eigenvalue weighted by molar-refractivity contribution is 6.39. The Labute approximate surface area is 246 Å². The van der Waals surface area contributed by atoms with Gasteiger partial charge in [0.05, 0.1) is 33.6 Å². The van der Waals surface area contributed by atoms with Gasteiger partial charge >= 0.3 is 5.97 Å². The standard InChI is InChI=1S/C28H30Cl2N6O5/c1-15(2)24(31)27(39)41-10-6-9-22(37)21-12-17(14-35(21)3)33-28-32-13-16-11-18(23-19(29)7-5-8-20(23)30)26(38)36(40-4)25(16)34-28/h5,7-8,11-15,24H,6,9-10,31H2,1-4H3,(H,32,33,34)/t24-/m0/s1. The van der Waals surface area contributed by atoms with Gasteiger partial charge in [0, 0.05) is 36.8 Å². The summed E-state index contributed by atoms with van der Waals surface area (Å²) in [7, 11) is 3.09. The van der Waals surface area contributed by atoms with E-state index in [4.69, 9.17) is 38.5 Å². The van der Waals surface area contributed by atoms with Crippen molar-refractivity contribution in [1.29, 1.82) is 0 Å². The van der Waals surface area contributed by atoms with Gasteiger partial charge in [-0.2, -0.15) is 4.98 Å². The molecule has 11 nitrogen and oxygen atoms in total. The zero-order valence-electron chi connectivity index (χ0n) is 23.0. The van der Waals surface area contributed by atoms with Crippen molar-refractivity contribution < 1.29 is 19.2 Å². The summed E-state index contributed by atoms with van der Waals surface area (Å²) in [5.41, 5.74) is 7.15. The highest BCUT2D eigenvalue weighted by Crippen LogP contribution is 2.33. The van der Waals surface area contributed by atoms with Crippen molar-refractivity contribution in [3.63, 3.8) is 0 Å². The van der Waals surface area contributed by atoms with Crippen molar-refractivity contribution >= 4 is 57.6 Å². The SMILES string of the molecule is COn1c(=O)c(-c2c(Cl)cccc2Cl)cc2cnc(Nc3cc(C(=O)CCCOC(=O)[C@@H](N)C(C)C)n(C)c3)nc21. The van der Waals surface area contributed by atoms with Crippen molar-refractivity contribution in [2.45, 2.75) is 32.7 Å². The number of benzene rings is 1. The topological polar surface area (TPSA) is 143 Å². The van der Waals surface area contributed by atoms with Crippen molar-refractivity contribution in [1.82, 2.24) is 19.3 Å². The van der Waals surface area contributed by atoms with Gasteiger partial charge < -0.3 is 25.2 Å². The molecule has 3 N–H and O–H groups in total. The zero-order valence-corrected chi connectivity index (χ0v) is 24.5. The van der Waals surface area contributed by atoms with Crippen molar-refractivity contribution in [3.8, 4) is 11.1 Å². The first-order valence-corrected chi connectivity index (χ1v) is 13.6. The van der Waals surface area contributed by atoms with Gasteiger partial charge in [0.2, 0.25) is 5.95 Å². The maximum absolute atomic E-state index is 13.3. The van der Waals surface area contributed by atoms with Crippen LogP contribution in [0.15, 0.2) is 47.5 Å². The predicted octanol–water partition coefficient (Wildman–Crippen LogP) is 4.40. The molecule has 1 aromatic carbocycles. The molecule has 0 unspecified atom stereocenters. The number of hydrogen-bond acceptors (Lipinski definition) is 9. The molecule has 3 heterocycles. The first-order valence-electron chi connectivity index (χ1n) is 12.8. The van der Waals surface area contributed by atoms with Crippen LogP contribution in [0.5, 0.6) is 0 Å². The number of hydrogen-bond donors (Lipinski definition) is 2. The third kappa shape index (κ3) is 6.53. The average molecular weight is 601 g/mol. The third-order valence-electron chi connectivity index (χ3n) is 6.45. The molecule has 0 spiro atoms. The number of pyridine rings is 1. The highest BCUT2D eigenvalue weighted by atomic mass is 35.5. The molecule has 1 atom stereocenters. The molecule has 0 saturated heterocycles. The minimum Gasteiger partial charge on any atom is -0.465 e. The van der Waals surface area contributed by atoms with E-state index in [1.165, 1.54) is 13.3 Å². The van der Waals surface area contributed by atoms with Crippen molar-refractivity contribution in [2.24, 2.45) is 18.7 Å². The first-order chi connectivity index (χ1) is 19.5. The Hall–Kier alpha value is -3.93. The molecule has 0 fully saturated rings. The van der Waals surface area contributed by atoms with Crippen molar-refractivity contribution in [3.05, 3.63) is 68.8 Å². The first kappa shape index (κ1) is 30.0. The predicted molar refractivity (Wildman–Crippen MR) is 158 cm³/mol. The molecule has 0 aliphatic rings. The fourth-order valence-electron chi connectivity index (χ4n) is 4.17. The molecule has 216 valence electrons. The van der Waals surface area contributed by atoms with E-state index >= 15 is 0 Å². The van der Waals surface area contributed by atoms with Gasteiger partial charge in [0.15, 0.2) is 11.4 Å². The fraction of sp³-hybridized carbons (Fsp3) is 0.321. The molecule has 13 heteroatoms. The van der Waals surface area contributed by atoms with Crippen LogP contribution in [0, 0.1) is 5.92 Å². The number of ketones is 1. The molecule has 41 heavy (non-hydrogen) atoms. The van der Waals surface area contributed by atoms with Gasteiger partial charge in [-0.15, -0.1) is 4.73 Å². The van der Waals surface area contributed by atoms with Crippen LogP contribution in [0.4, 0.5) is 11.6 Å². The Morgan fingerprint density at radius 3 is 2.54 bits per heavy atom. The smallest absolute Gasteiger partial charge is 0.323 e. The lowest BCUT2D eigenvalue weighted by atomic mass is 10.1. The molecule has 0 amide bonds. The second-order valence-electron chi connectivity index (χ2n) is 9.72. The molecule has 0 aliphatic heterocycles. The molecule has 0 saturated carbocycles. The van der Waals surface area contributed by atoms with Gasteiger partial charge in [-0.3, -0.25) is 14.4 Å². The average Bonchev–Trinajstić information content (AvgIpc) is 3.30. The number of halogens is 2. The summed E-state index contributed by atoms with van der Waals surface area (Å²) >= 11 is 12.7. The number of ether oxygens (including phenoxy) is 1. The summed E-state index contributed by atoms with van der Waals surface area (Å²) in [4.78, 5) is 52.2. The summed E-state index contributed by atoms with van der Waals surface area (Å²) in [6.07, 6.45) is 3.81. The number of rotatable bonds is 11.